The van der Waals surface area contributed by atoms with Crippen molar-refractivity contribution in [1.82, 2.24) is 4.57 Å². The van der Waals surface area contributed by atoms with Gasteiger partial charge in [-0.05, 0) is 111 Å². The molecule has 1 aromatic heterocycles. The summed E-state index contributed by atoms with van der Waals surface area (Å²) in [4.78, 5) is 2.45. The molecule has 0 unspecified atom stereocenters. The number of anilines is 3. The zero-order chi connectivity index (χ0) is 38.4. The first kappa shape index (κ1) is 33.4. The fraction of sp³-hybridized carbons (Fsp3) is 0.0909. The highest BCUT2D eigenvalue weighted by molar-refractivity contribution is 6.14. The van der Waals surface area contributed by atoms with Crippen molar-refractivity contribution in [2.45, 2.75) is 33.1 Å². The van der Waals surface area contributed by atoms with Crippen LogP contribution in [0.3, 0.4) is 0 Å². The lowest BCUT2D eigenvalue weighted by atomic mass is 9.82. The lowest BCUT2D eigenvalue weighted by molar-refractivity contribution is 0.660. The molecule has 2 heteroatoms. The molecule has 0 bridgehead atoms. The molecule has 2 nitrogen and oxygen atoms in total. The molecular formula is C55H42N2. The van der Waals surface area contributed by atoms with Crippen LogP contribution in [0.15, 0.2) is 182 Å². The fourth-order valence-electron chi connectivity index (χ4n) is 9.82. The molecule has 1 heterocycles. The quantitative estimate of drug-likeness (QED) is 0.171. The molecule has 57 heavy (non-hydrogen) atoms. The summed E-state index contributed by atoms with van der Waals surface area (Å²) in [6, 6.07) is 67.3. The molecule has 0 N–H and O–H groups in total. The number of hydrogen-bond donors (Lipinski definition) is 0. The lowest BCUT2D eigenvalue weighted by Crippen LogP contribution is -2.16. The van der Waals surface area contributed by atoms with Crippen molar-refractivity contribution in [1.29, 1.82) is 0 Å². The predicted octanol–water partition coefficient (Wildman–Crippen LogP) is 15.2. The van der Waals surface area contributed by atoms with E-state index in [2.05, 4.69) is 219 Å². The molecule has 1 aliphatic carbocycles. The van der Waals surface area contributed by atoms with E-state index in [1.54, 1.807) is 0 Å². The van der Waals surface area contributed by atoms with Crippen LogP contribution in [-0.2, 0) is 5.41 Å². The molecule has 272 valence electrons. The Morgan fingerprint density at radius 1 is 0.439 bits per heavy atom. The van der Waals surface area contributed by atoms with Crippen LogP contribution in [0.1, 0.15) is 36.2 Å². The van der Waals surface area contributed by atoms with Gasteiger partial charge in [0.25, 0.3) is 0 Å². The van der Waals surface area contributed by atoms with Gasteiger partial charge in [0.1, 0.15) is 0 Å². The standard InChI is InChI=1S/C55H42N2/c1-35-36(2)56(53-32-31-43(44-19-10-11-21-47(44)53)39-26-25-37-15-8-9-16-38(37)33-39)54-42(35)29-30-48-49(54)22-14-24-52(48)57(40-17-6-5-7-18-40)41-27-28-46-45-20-12-13-23-50(45)55(3,4)51(46)34-41/h5-34H,1-4H3. The third kappa shape index (κ3) is 4.97. The van der Waals surface area contributed by atoms with Gasteiger partial charge in [0.15, 0.2) is 0 Å². The third-order valence-electron chi connectivity index (χ3n) is 12.8. The van der Waals surface area contributed by atoms with Crippen LogP contribution in [0.25, 0.3) is 71.2 Å². The summed E-state index contributed by atoms with van der Waals surface area (Å²) in [5, 5.41) is 8.74. The second-order valence-electron chi connectivity index (χ2n) is 16.2. The second kappa shape index (κ2) is 12.6. The van der Waals surface area contributed by atoms with Crippen molar-refractivity contribution in [2.75, 3.05) is 4.90 Å². The second-order valence-corrected chi connectivity index (χ2v) is 16.2. The SMILES string of the molecule is Cc1c(C)n(-c2ccc(-c3ccc4ccccc4c3)c3ccccc23)c2c1ccc1c(N(c3ccccc3)c3ccc4c(c3)C(C)(C)c3ccccc3-4)cccc12. The van der Waals surface area contributed by atoms with Crippen molar-refractivity contribution >= 4 is 60.3 Å². The summed E-state index contributed by atoms with van der Waals surface area (Å²) in [6.07, 6.45) is 0. The van der Waals surface area contributed by atoms with Gasteiger partial charge in [-0.2, -0.15) is 0 Å². The molecule has 0 aliphatic heterocycles. The van der Waals surface area contributed by atoms with E-state index in [-0.39, 0.29) is 5.41 Å². The van der Waals surface area contributed by atoms with Gasteiger partial charge in [0.05, 0.1) is 16.9 Å². The minimum absolute atomic E-state index is 0.0995. The van der Waals surface area contributed by atoms with Crippen LogP contribution in [-0.4, -0.2) is 4.57 Å². The van der Waals surface area contributed by atoms with Crippen molar-refractivity contribution in [3.05, 3.63) is 204 Å². The van der Waals surface area contributed by atoms with Gasteiger partial charge in [-0.15, -0.1) is 0 Å². The first-order valence-electron chi connectivity index (χ1n) is 20.0. The molecule has 10 aromatic rings. The van der Waals surface area contributed by atoms with Gasteiger partial charge in [-0.25, -0.2) is 0 Å². The molecule has 11 rings (SSSR count). The van der Waals surface area contributed by atoms with Crippen LogP contribution >= 0.6 is 0 Å². The monoisotopic (exact) mass is 730 g/mol. The summed E-state index contributed by atoms with van der Waals surface area (Å²) in [7, 11) is 0. The van der Waals surface area contributed by atoms with Crippen molar-refractivity contribution < 1.29 is 0 Å². The summed E-state index contributed by atoms with van der Waals surface area (Å²) >= 11 is 0. The molecule has 0 atom stereocenters. The Balaban J connectivity index is 1.13. The Morgan fingerprint density at radius 3 is 1.98 bits per heavy atom. The molecule has 0 fully saturated rings. The van der Waals surface area contributed by atoms with Gasteiger partial charge in [0.2, 0.25) is 0 Å². The molecular weight excluding hydrogens is 689 g/mol. The van der Waals surface area contributed by atoms with E-state index in [0.717, 1.165) is 17.1 Å². The average Bonchev–Trinajstić information content (AvgIpc) is 3.65. The van der Waals surface area contributed by atoms with Crippen LogP contribution in [0.4, 0.5) is 17.1 Å². The summed E-state index contributed by atoms with van der Waals surface area (Å²) < 4.78 is 2.52. The molecule has 0 radical (unpaired) electrons. The molecule has 0 amide bonds. The maximum Gasteiger partial charge on any atom is 0.0613 e. The van der Waals surface area contributed by atoms with E-state index >= 15 is 0 Å². The highest BCUT2D eigenvalue weighted by Gasteiger charge is 2.36. The van der Waals surface area contributed by atoms with Gasteiger partial charge in [-0.1, -0.05) is 153 Å². The number of nitrogens with zero attached hydrogens (tertiary/aromatic N) is 2. The number of fused-ring (bicyclic) bond motifs is 8. The van der Waals surface area contributed by atoms with Crippen LogP contribution in [0, 0.1) is 13.8 Å². The average molecular weight is 731 g/mol. The van der Waals surface area contributed by atoms with Crippen molar-refractivity contribution in [3.8, 4) is 27.9 Å². The Kier molecular flexibility index (Phi) is 7.37. The van der Waals surface area contributed by atoms with Gasteiger partial charge in [-0.3, -0.25) is 0 Å². The van der Waals surface area contributed by atoms with E-state index in [1.807, 2.05) is 0 Å². The highest BCUT2D eigenvalue weighted by atomic mass is 15.1. The Labute approximate surface area is 333 Å². The first-order valence-corrected chi connectivity index (χ1v) is 20.0. The van der Waals surface area contributed by atoms with E-state index in [4.69, 9.17) is 0 Å². The van der Waals surface area contributed by atoms with Gasteiger partial charge < -0.3 is 9.47 Å². The minimum Gasteiger partial charge on any atom is -0.312 e. The van der Waals surface area contributed by atoms with E-state index in [1.165, 1.54) is 93.5 Å². The molecule has 0 spiro atoms. The molecule has 9 aromatic carbocycles. The van der Waals surface area contributed by atoms with Crippen LogP contribution in [0.2, 0.25) is 0 Å². The summed E-state index contributed by atoms with van der Waals surface area (Å²) in [5.74, 6) is 0. The normalized spacial score (nSPS) is 13.1. The highest BCUT2D eigenvalue weighted by Crippen LogP contribution is 2.51. The van der Waals surface area contributed by atoms with Crippen LogP contribution in [0.5, 0.6) is 0 Å². The number of hydrogen-bond acceptors (Lipinski definition) is 1. The largest absolute Gasteiger partial charge is 0.312 e. The predicted molar refractivity (Wildman–Crippen MR) is 243 cm³/mol. The van der Waals surface area contributed by atoms with E-state index in [9.17, 15) is 0 Å². The topological polar surface area (TPSA) is 8.17 Å². The third-order valence-corrected chi connectivity index (χ3v) is 12.8. The fourth-order valence-corrected chi connectivity index (χ4v) is 9.82. The number of aromatic nitrogens is 1. The Hall–Kier alpha value is -6.90. The smallest absolute Gasteiger partial charge is 0.0613 e. The lowest BCUT2D eigenvalue weighted by Gasteiger charge is -2.29. The van der Waals surface area contributed by atoms with Gasteiger partial charge >= 0.3 is 0 Å². The maximum atomic E-state index is 2.52. The van der Waals surface area contributed by atoms with Crippen LogP contribution < -0.4 is 4.90 Å². The first-order chi connectivity index (χ1) is 27.9. The Bertz CT molecular complexity index is 3240. The summed E-state index contributed by atoms with van der Waals surface area (Å²) in [5.41, 5.74) is 16.3. The van der Waals surface area contributed by atoms with Gasteiger partial charge in [0, 0.05) is 44.0 Å². The number of benzene rings is 9. The number of rotatable bonds is 5. The maximum absolute atomic E-state index is 2.52. The number of para-hydroxylation sites is 1. The molecule has 1 aliphatic rings. The number of aryl methyl sites for hydroxylation is 1. The zero-order valence-electron chi connectivity index (χ0n) is 32.7. The van der Waals surface area contributed by atoms with Crippen molar-refractivity contribution in [3.63, 3.8) is 0 Å². The zero-order valence-corrected chi connectivity index (χ0v) is 32.7. The van der Waals surface area contributed by atoms with E-state index < -0.39 is 0 Å². The van der Waals surface area contributed by atoms with E-state index in [0.29, 0.717) is 0 Å². The molecule has 0 saturated heterocycles. The minimum atomic E-state index is -0.0995. The Morgan fingerprint density at radius 2 is 1.12 bits per heavy atom. The summed E-state index contributed by atoms with van der Waals surface area (Å²) in [6.45, 7) is 9.27. The van der Waals surface area contributed by atoms with Crippen molar-refractivity contribution in [2.24, 2.45) is 0 Å². The molecule has 0 saturated carbocycles.